The molecule has 1 aromatic heterocycles. The van der Waals surface area contributed by atoms with Gasteiger partial charge in [0.05, 0.1) is 30.3 Å². The summed E-state index contributed by atoms with van der Waals surface area (Å²) in [5.74, 6) is 0.130. The monoisotopic (exact) mass is 481 g/mol. The predicted octanol–water partition coefficient (Wildman–Crippen LogP) is 3.73. The van der Waals surface area contributed by atoms with Crippen molar-refractivity contribution >= 4 is 15.9 Å². The number of hydrogen-bond acceptors (Lipinski definition) is 5. The Balaban J connectivity index is 1.49. The molecule has 0 aliphatic carbocycles. The fourth-order valence-corrected chi connectivity index (χ4v) is 5.64. The minimum Gasteiger partial charge on any atom is -0.468 e. The topological polar surface area (TPSA) is 82.9 Å². The number of benzene rings is 2. The first-order chi connectivity index (χ1) is 16.4. The summed E-state index contributed by atoms with van der Waals surface area (Å²) in [6.45, 7) is 3.98. The molecule has 1 aliphatic heterocycles. The number of amides is 1. The second kappa shape index (κ2) is 11.0. The van der Waals surface area contributed by atoms with Crippen LogP contribution < -0.4 is 5.32 Å². The summed E-state index contributed by atoms with van der Waals surface area (Å²) < 4.78 is 33.3. The third kappa shape index (κ3) is 5.94. The smallest absolute Gasteiger partial charge is 0.243 e. The first-order valence-corrected chi connectivity index (χ1v) is 13.0. The summed E-state index contributed by atoms with van der Waals surface area (Å²) in [4.78, 5) is 15.5. The lowest BCUT2D eigenvalue weighted by Crippen LogP contribution is -2.43. The zero-order valence-electron chi connectivity index (χ0n) is 19.4. The fraction of sp³-hybridized carbons (Fsp3) is 0.346. The molecular formula is C26H31N3O4S. The van der Waals surface area contributed by atoms with Crippen molar-refractivity contribution in [2.75, 3.05) is 26.2 Å². The average Bonchev–Trinajstić information content (AvgIpc) is 3.55. The number of likely N-dealkylation sites (tertiary alicyclic amines) is 1. The van der Waals surface area contributed by atoms with E-state index in [0.717, 1.165) is 37.1 Å². The number of nitrogens with one attached hydrogen (secondary N) is 1. The van der Waals surface area contributed by atoms with Gasteiger partial charge in [-0.25, -0.2) is 8.42 Å². The Kier molecular flexibility index (Phi) is 7.82. The minimum absolute atomic E-state index is 0.0229. The second-order valence-corrected chi connectivity index (χ2v) is 10.6. The number of rotatable bonds is 10. The Hall–Kier alpha value is -2.94. The third-order valence-electron chi connectivity index (χ3n) is 6.15. The summed E-state index contributed by atoms with van der Waals surface area (Å²) in [5.41, 5.74) is 2.10. The molecule has 1 saturated heterocycles. The number of carbonyl (C=O) groups is 1. The second-order valence-electron chi connectivity index (χ2n) is 8.64. The zero-order valence-corrected chi connectivity index (χ0v) is 20.2. The molecular weight excluding hydrogens is 450 g/mol. The van der Waals surface area contributed by atoms with Gasteiger partial charge in [-0.2, -0.15) is 4.31 Å². The van der Waals surface area contributed by atoms with E-state index in [-0.39, 0.29) is 29.9 Å². The van der Waals surface area contributed by atoms with Crippen LogP contribution in [-0.4, -0.2) is 49.7 Å². The van der Waals surface area contributed by atoms with Crippen LogP contribution in [0.5, 0.6) is 0 Å². The van der Waals surface area contributed by atoms with Crippen molar-refractivity contribution in [2.45, 2.75) is 37.2 Å². The molecule has 0 spiro atoms. The van der Waals surface area contributed by atoms with Gasteiger partial charge in [0, 0.05) is 6.54 Å². The van der Waals surface area contributed by atoms with Crippen LogP contribution in [0.25, 0.3) is 0 Å². The van der Waals surface area contributed by atoms with Gasteiger partial charge < -0.3 is 9.73 Å². The van der Waals surface area contributed by atoms with Crippen molar-refractivity contribution in [3.8, 4) is 0 Å². The first kappa shape index (κ1) is 24.2. The Morgan fingerprint density at radius 1 is 1.03 bits per heavy atom. The fourth-order valence-electron chi connectivity index (χ4n) is 4.27. The van der Waals surface area contributed by atoms with Gasteiger partial charge in [0.2, 0.25) is 15.9 Å². The molecule has 2 heterocycles. The number of aryl methyl sites for hydroxylation is 1. The molecule has 1 N–H and O–H groups in total. The van der Waals surface area contributed by atoms with Gasteiger partial charge in [-0.3, -0.25) is 9.69 Å². The van der Waals surface area contributed by atoms with Crippen molar-refractivity contribution in [2.24, 2.45) is 0 Å². The molecule has 4 rings (SSSR count). The zero-order chi connectivity index (χ0) is 24.0. The molecule has 34 heavy (non-hydrogen) atoms. The van der Waals surface area contributed by atoms with Crippen molar-refractivity contribution in [1.82, 2.24) is 14.5 Å². The first-order valence-electron chi connectivity index (χ1n) is 11.6. The van der Waals surface area contributed by atoms with Crippen LogP contribution in [0.4, 0.5) is 0 Å². The maximum absolute atomic E-state index is 13.4. The maximum atomic E-state index is 13.4. The van der Waals surface area contributed by atoms with Gasteiger partial charge >= 0.3 is 0 Å². The van der Waals surface area contributed by atoms with Crippen molar-refractivity contribution in [1.29, 1.82) is 0 Å². The highest BCUT2D eigenvalue weighted by atomic mass is 32.2. The van der Waals surface area contributed by atoms with Crippen molar-refractivity contribution in [3.63, 3.8) is 0 Å². The van der Waals surface area contributed by atoms with Gasteiger partial charge in [0.25, 0.3) is 0 Å². The number of carbonyl (C=O) groups excluding carboxylic acids is 1. The van der Waals surface area contributed by atoms with E-state index in [1.54, 1.807) is 36.4 Å². The van der Waals surface area contributed by atoms with Gasteiger partial charge in [-0.05, 0) is 62.7 Å². The van der Waals surface area contributed by atoms with Gasteiger partial charge in [-0.1, -0.05) is 48.0 Å². The average molecular weight is 482 g/mol. The number of sulfonamides is 1. The lowest BCUT2D eigenvalue weighted by atomic mass is 10.1. The molecule has 0 bridgehead atoms. The molecule has 1 aliphatic rings. The molecule has 2 aromatic carbocycles. The van der Waals surface area contributed by atoms with Crippen LogP contribution in [0.1, 0.15) is 35.8 Å². The summed E-state index contributed by atoms with van der Waals surface area (Å²) in [6.07, 6.45) is 3.78. The number of furan rings is 1. The summed E-state index contributed by atoms with van der Waals surface area (Å²) >= 11 is 0. The van der Waals surface area contributed by atoms with Crippen LogP contribution in [0, 0.1) is 6.92 Å². The lowest BCUT2D eigenvalue weighted by Gasteiger charge is -2.28. The van der Waals surface area contributed by atoms with E-state index in [1.807, 2.05) is 25.1 Å². The quantitative estimate of drug-likeness (QED) is 0.477. The van der Waals surface area contributed by atoms with Crippen molar-refractivity contribution < 1.29 is 17.6 Å². The summed E-state index contributed by atoms with van der Waals surface area (Å²) in [5, 5.41) is 2.98. The van der Waals surface area contributed by atoms with Crippen LogP contribution in [0.2, 0.25) is 0 Å². The van der Waals surface area contributed by atoms with E-state index < -0.39 is 10.0 Å². The molecule has 1 amide bonds. The third-order valence-corrected chi connectivity index (χ3v) is 7.96. The standard InChI is InChI=1S/C26H31N3O4S/c1-21-11-13-24(14-12-21)34(31,32)29(19-23-10-7-17-33-23)20-26(30)27-18-25(28-15-5-6-16-28)22-8-3-2-4-9-22/h2-4,7-14,17,25H,5-6,15-16,18-20H2,1H3,(H,27,30). The minimum atomic E-state index is -3.89. The van der Waals surface area contributed by atoms with Gasteiger partial charge in [0.15, 0.2) is 0 Å². The molecule has 1 unspecified atom stereocenters. The van der Waals surface area contributed by atoms with Crippen LogP contribution in [0.3, 0.4) is 0 Å². The largest absolute Gasteiger partial charge is 0.468 e. The van der Waals surface area contributed by atoms with E-state index >= 15 is 0 Å². The number of nitrogens with zero attached hydrogens (tertiary/aromatic N) is 2. The highest BCUT2D eigenvalue weighted by molar-refractivity contribution is 7.89. The van der Waals surface area contributed by atoms with E-state index in [2.05, 4.69) is 22.3 Å². The molecule has 180 valence electrons. The normalized spacial score (nSPS) is 15.5. The molecule has 0 saturated carbocycles. The van der Waals surface area contributed by atoms with Crippen LogP contribution >= 0.6 is 0 Å². The van der Waals surface area contributed by atoms with Crippen LogP contribution in [-0.2, 0) is 21.4 Å². The predicted molar refractivity (Wildman–Crippen MR) is 130 cm³/mol. The van der Waals surface area contributed by atoms with Gasteiger partial charge in [0.1, 0.15) is 5.76 Å². The van der Waals surface area contributed by atoms with Crippen molar-refractivity contribution in [3.05, 3.63) is 89.9 Å². The molecule has 1 fully saturated rings. The summed E-state index contributed by atoms with van der Waals surface area (Å²) in [7, 11) is -3.89. The molecule has 7 nitrogen and oxygen atoms in total. The van der Waals surface area contributed by atoms with Crippen LogP contribution in [0.15, 0.2) is 82.3 Å². The van der Waals surface area contributed by atoms with Gasteiger partial charge in [-0.15, -0.1) is 0 Å². The molecule has 0 radical (unpaired) electrons. The Morgan fingerprint density at radius 3 is 2.38 bits per heavy atom. The lowest BCUT2D eigenvalue weighted by molar-refractivity contribution is -0.121. The highest BCUT2D eigenvalue weighted by Gasteiger charge is 2.29. The van der Waals surface area contributed by atoms with E-state index in [4.69, 9.17) is 4.42 Å². The van der Waals surface area contributed by atoms with E-state index in [1.165, 1.54) is 10.6 Å². The Bertz CT molecular complexity index is 1160. The SMILES string of the molecule is Cc1ccc(S(=O)(=O)N(CC(=O)NCC(c2ccccc2)N2CCCC2)Cc2ccco2)cc1. The number of hydrogen-bond donors (Lipinski definition) is 1. The molecule has 1 atom stereocenters. The van der Waals surface area contributed by atoms with E-state index in [9.17, 15) is 13.2 Å². The summed E-state index contributed by atoms with van der Waals surface area (Å²) in [6, 6.07) is 20.2. The maximum Gasteiger partial charge on any atom is 0.243 e. The highest BCUT2D eigenvalue weighted by Crippen LogP contribution is 2.24. The Labute approximate surface area is 201 Å². The Morgan fingerprint density at radius 2 is 1.74 bits per heavy atom. The molecule has 8 heteroatoms. The molecule has 3 aromatic rings. The van der Waals surface area contributed by atoms with E-state index in [0.29, 0.717) is 12.3 Å².